The Morgan fingerprint density at radius 1 is 1.14 bits per heavy atom. The predicted molar refractivity (Wildman–Crippen MR) is 109 cm³/mol. The summed E-state index contributed by atoms with van der Waals surface area (Å²) in [6.45, 7) is 0.679. The molecule has 7 nitrogen and oxygen atoms in total. The van der Waals surface area contributed by atoms with Gasteiger partial charge in [-0.25, -0.2) is 4.98 Å². The molecular weight excluding hydrogens is 368 g/mol. The van der Waals surface area contributed by atoms with Gasteiger partial charge < -0.3 is 15.2 Å². The van der Waals surface area contributed by atoms with Crippen LogP contribution in [0.15, 0.2) is 30.5 Å². The number of amides is 1. The minimum atomic E-state index is -0.194. The van der Waals surface area contributed by atoms with Crippen molar-refractivity contribution in [3.8, 4) is 5.75 Å². The van der Waals surface area contributed by atoms with Crippen molar-refractivity contribution < 1.29 is 14.6 Å². The van der Waals surface area contributed by atoms with Gasteiger partial charge >= 0.3 is 0 Å². The standard InChI is InChI=1S/C22H26N4O3/c27-18-6-2-16(3-7-18)24-22-23-11-9-20(25-22)26(17-4-5-17)21(28)15-1-8-19-14(13-15)10-12-29-19/h1,8-9,11,13,16-18,27H,2-7,10,12H2,(H,23,24,25). The van der Waals surface area contributed by atoms with E-state index in [0.29, 0.717) is 23.9 Å². The number of aromatic nitrogens is 2. The second kappa shape index (κ2) is 7.63. The minimum absolute atomic E-state index is 0.0207. The van der Waals surface area contributed by atoms with E-state index in [1.54, 1.807) is 6.20 Å². The highest BCUT2D eigenvalue weighted by Gasteiger charge is 2.35. The lowest BCUT2D eigenvalue weighted by Gasteiger charge is -2.27. The SMILES string of the molecule is O=C(c1ccc2c(c1)CCO2)N(c1ccnc(NC2CCC(O)CC2)n1)C1CC1. The number of ether oxygens (including phenoxy) is 1. The highest BCUT2D eigenvalue weighted by atomic mass is 16.5. The summed E-state index contributed by atoms with van der Waals surface area (Å²) in [5, 5.41) is 13.1. The van der Waals surface area contributed by atoms with Gasteiger partial charge in [-0.3, -0.25) is 9.69 Å². The highest BCUT2D eigenvalue weighted by molar-refractivity contribution is 6.06. The lowest BCUT2D eigenvalue weighted by molar-refractivity contribution is 0.0984. The van der Waals surface area contributed by atoms with E-state index in [4.69, 9.17) is 4.74 Å². The fourth-order valence-electron chi connectivity index (χ4n) is 4.20. The average molecular weight is 394 g/mol. The zero-order valence-electron chi connectivity index (χ0n) is 16.4. The van der Waals surface area contributed by atoms with Gasteiger partial charge in [0, 0.05) is 30.3 Å². The maximum absolute atomic E-state index is 13.3. The normalized spacial score (nSPS) is 23.2. The van der Waals surface area contributed by atoms with Gasteiger partial charge in [-0.05, 0) is 68.4 Å². The number of hydrogen-bond acceptors (Lipinski definition) is 6. The number of aliphatic hydroxyl groups excluding tert-OH is 1. The van der Waals surface area contributed by atoms with Crippen molar-refractivity contribution in [1.29, 1.82) is 0 Å². The van der Waals surface area contributed by atoms with Gasteiger partial charge in [-0.1, -0.05) is 0 Å². The number of nitrogens with zero attached hydrogens (tertiary/aromatic N) is 3. The number of rotatable bonds is 5. The van der Waals surface area contributed by atoms with Crippen LogP contribution in [0.5, 0.6) is 5.75 Å². The Bertz CT molecular complexity index is 907. The summed E-state index contributed by atoms with van der Waals surface area (Å²) in [4.78, 5) is 24.2. The summed E-state index contributed by atoms with van der Waals surface area (Å²) in [6.07, 6.45) is 7.74. The zero-order valence-corrected chi connectivity index (χ0v) is 16.4. The first-order valence-electron chi connectivity index (χ1n) is 10.5. The molecule has 2 aromatic rings. The van der Waals surface area contributed by atoms with Crippen molar-refractivity contribution in [2.24, 2.45) is 0 Å². The smallest absolute Gasteiger partial charge is 0.259 e. The minimum Gasteiger partial charge on any atom is -0.493 e. The molecule has 0 bridgehead atoms. The lowest BCUT2D eigenvalue weighted by Crippen LogP contribution is -2.34. The molecule has 2 heterocycles. The van der Waals surface area contributed by atoms with E-state index in [1.807, 2.05) is 29.2 Å². The summed E-state index contributed by atoms with van der Waals surface area (Å²) in [7, 11) is 0. The van der Waals surface area contributed by atoms with Crippen LogP contribution in [0.25, 0.3) is 0 Å². The molecule has 1 aliphatic heterocycles. The topological polar surface area (TPSA) is 87.6 Å². The lowest BCUT2D eigenvalue weighted by atomic mass is 9.93. The molecule has 0 saturated heterocycles. The largest absolute Gasteiger partial charge is 0.493 e. The molecule has 0 radical (unpaired) electrons. The van der Waals surface area contributed by atoms with E-state index in [0.717, 1.165) is 56.3 Å². The third-order valence-electron chi connectivity index (χ3n) is 5.98. The number of hydrogen-bond donors (Lipinski definition) is 2. The summed E-state index contributed by atoms with van der Waals surface area (Å²) in [5.74, 6) is 2.05. The van der Waals surface area contributed by atoms with Crippen molar-refractivity contribution in [2.45, 2.75) is 63.1 Å². The van der Waals surface area contributed by atoms with Crippen LogP contribution in [0.4, 0.5) is 11.8 Å². The van der Waals surface area contributed by atoms with E-state index in [2.05, 4.69) is 15.3 Å². The van der Waals surface area contributed by atoms with Gasteiger partial charge in [0.25, 0.3) is 5.91 Å². The monoisotopic (exact) mass is 394 g/mol. The van der Waals surface area contributed by atoms with Crippen molar-refractivity contribution in [3.63, 3.8) is 0 Å². The molecule has 5 rings (SSSR count). The van der Waals surface area contributed by atoms with Gasteiger partial charge in [0.05, 0.1) is 12.7 Å². The number of aliphatic hydroxyl groups is 1. The second-order valence-electron chi connectivity index (χ2n) is 8.22. The molecule has 1 amide bonds. The Labute approximate surface area is 170 Å². The summed E-state index contributed by atoms with van der Waals surface area (Å²) >= 11 is 0. The van der Waals surface area contributed by atoms with E-state index in [1.165, 1.54) is 0 Å². The Balaban J connectivity index is 1.36. The third kappa shape index (κ3) is 3.92. The molecule has 2 N–H and O–H groups in total. The molecule has 0 unspecified atom stereocenters. The molecular formula is C22H26N4O3. The molecule has 1 aromatic heterocycles. The van der Waals surface area contributed by atoms with E-state index in [9.17, 15) is 9.90 Å². The number of carbonyl (C=O) groups excluding carboxylic acids is 1. The molecule has 2 saturated carbocycles. The molecule has 2 fully saturated rings. The van der Waals surface area contributed by atoms with E-state index in [-0.39, 0.29) is 24.1 Å². The number of anilines is 2. The van der Waals surface area contributed by atoms with Crippen LogP contribution in [0.1, 0.15) is 54.4 Å². The van der Waals surface area contributed by atoms with Crippen LogP contribution < -0.4 is 15.0 Å². The molecule has 2 aliphatic carbocycles. The van der Waals surface area contributed by atoms with Crippen molar-refractivity contribution in [3.05, 3.63) is 41.6 Å². The molecule has 29 heavy (non-hydrogen) atoms. The summed E-state index contributed by atoms with van der Waals surface area (Å²) < 4.78 is 5.56. The van der Waals surface area contributed by atoms with E-state index < -0.39 is 0 Å². The average Bonchev–Trinajstić information content (AvgIpc) is 3.45. The van der Waals surface area contributed by atoms with Crippen LogP contribution >= 0.6 is 0 Å². The number of fused-ring (bicyclic) bond motifs is 1. The first-order valence-corrected chi connectivity index (χ1v) is 10.5. The van der Waals surface area contributed by atoms with Crippen LogP contribution in [0.2, 0.25) is 0 Å². The Morgan fingerprint density at radius 2 is 1.97 bits per heavy atom. The summed E-state index contributed by atoms with van der Waals surface area (Å²) in [5.41, 5.74) is 1.77. The van der Waals surface area contributed by atoms with Gasteiger partial charge in [-0.2, -0.15) is 4.98 Å². The van der Waals surface area contributed by atoms with Crippen molar-refractivity contribution in [1.82, 2.24) is 9.97 Å². The molecule has 0 spiro atoms. The van der Waals surface area contributed by atoms with Crippen molar-refractivity contribution >= 4 is 17.7 Å². The number of nitrogens with one attached hydrogen (secondary N) is 1. The quantitative estimate of drug-likeness (QED) is 0.811. The van der Waals surface area contributed by atoms with Crippen LogP contribution in [-0.4, -0.2) is 45.8 Å². The van der Waals surface area contributed by atoms with Gasteiger partial charge in [0.15, 0.2) is 0 Å². The molecule has 7 heteroatoms. The maximum Gasteiger partial charge on any atom is 0.259 e. The van der Waals surface area contributed by atoms with Gasteiger partial charge in [-0.15, -0.1) is 0 Å². The fourth-order valence-corrected chi connectivity index (χ4v) is 4.20. The Kier molecular flexibility index (Phi) is 4.83. The molecule has 152 valence electrons. The summed E-state index contributed by atoms with van der Waals surface area (Å²) in [6, 6.07) is 7.95. The Morgan fingerprint density at radius 3 is 2.76 bits per heavy atom. The van der Waals surface area contributed by atoms with Crippen LogP contribution in [-0.2, 0) is 6.42 Å². The fraction of sp³-hybridized carbons (Fsp3) is 0.500. The molecule has 1 aromatic carbocycles. The van der Waals surface area contributed by atoms with Crippen LogP contribution in [0, 0.1) is 0 Å². The maximum atomic E-state index is 13.3. The van der Waals surface area contributed by atoms with Gasteiger partial charge in [0.2, 0.25) is 5.95 Å². The first kappa shape index (κ1) is 18.4. The third-order valence-corrected chi connectivity index (χ3v) is 5.98. The molecule has 0 atom stereocenters. The highest BCUT2D eigenvalue weighted by Crippen LogP contribution is 2.34. The first-order chi connectivity index (χ1) is 14.2. The zero-order chi connectivity index (χ0) is 19.8. The molecule has 3 aliphatic rings. The van der Waals surface area contributed by atoms with Gasteiger partial charge in [0.1, 0.15) is 11.6 Å². The Hall–Kier alpha value is -2.67. The predicted octanol–water partition coefficient (Wildman–Crippen LogP) is 2.94. The number of carbonyl (C=O) groups is 1. The second-order valence-corrected chi connectivity index (χ2v) is 8.22. The van der Waals surface area contributed by atoms with E-state index >= 15 is 0 Å². The van der Waals surface area contributed by atoms with Crippen LogP contribution in [0.3, 0.4) is 0 Å². The van der Waals surface area contributed by atoms with Crippen molar-refractivity contribution in [2.75, 3.05) is 16.8 Å². The number of benzene rings is 1.